The fourth-order valence-electron chi connectivity index (χ4n) is 2.40. The van der Waals surface area contributed by atoms with Crippen LogP contribution in [0.2, 0.25) is 0 Å². The number of halogens is 1. The van der Waals surface area contributed by atoms with Gasteiger partial charge < -0.3 is 24.8 Å². The number of alkyl halides is 1. The number of methoxy groups -OCH3 is 1. The number of aliphatic hydroxyl groups is 3. The summed E-state index contributed by atoms with van der Waals surface area (Å²) in [7, 11) is 1.30. The van der Waals surface area contributed by atoms with Gasteiger partial charge in [-0.1, -0.05) is 46.3 Å². The molecule has 5 atom stereocenters. The van der Waals surface area contributed by atoms with Gasteiger partial charge in [0.1, 0.15) is 18.3 Å². The molecule has 0 aliphatic carbocycles. The Kier molecular flexibility index (Phi) is 5.13. The van der Waals surface area contributed by atoms with Crippen molar-refractivity contribution in [2.75, 3.05) is 12.4 Å². The van der Waals surface area contributed by atoms with Gasteiger partial charge in [0.15, 0.2) is 17.7 Å². The highest BCUT2D eigenvalue weighted by molar-refractivity contribution is 9.09. The molecule has 6 nitrogen and oxygen atoms in total. The van der Waals surface area contributed by atoms with Gasteiger partial charge in [-0.05, 0) is 0 Å². The van der Waals surface area contributed by atoms with Crippen LogP contribution in [-0.4, -0.2) is 63.7 Å². The van der Waals surface area contributed by atoms with Crippen molar-refractivity contribution in [1.82, 2.24) is 0 Å². The summed E-state index contributed by atoms with van der Waals surface area (Å²) in [5, 5.41) is 31.0. The Morgan fingerprint density at radius 2 is 2.00 bits per heavy atom. The lowest BCUT2D eigenvalue weighted by atomic mass is 9.79. The SMILES string of the molecule is CO[C@H]1O[C@H](CBr)[C@@](O)(C(=O)c2ccccc2)[C@H](O)[C@H]1O. The Morgan fingerprint density at radius 1 is 1.38 bits per heavy atom. The second-order valence-corrected chi connectivity index (χ2v) is 5.49. The lowest BCUT2D eigenvalue weighted by Crippen LogP contribution is -2.70. The number of carbonyl (C=O) groups is 1. The molecule has 3 N–H and O–H groups in total. The Hall–Kier alpha value is -0.830. The van der Waals surface area contributed by atoms with Crippen molar-refractivity contribution in [2.45, 2.75) is 30.2 Å². The van der Waals surface area contributed by atoms with E-state index in [0.29, 0.717) is 0 Å². The van der Waals surface area contributed by atoms with Crippen LogP contribution in [0.15, 0.2) is 30.3 Å². The minimum atomic E-state index is -2.26. The molecule has 116 valence electrons. The van der Waals surface area contributed by atoms with E-state index in [9.17, 15) is 20.1 Å². The first-order valence-electron chi connectivity index (χ1n) is 6.39. The van der Waals surface area contributed by atoms with Crippen LogP contribution in [0.4, 0.5) is 0 Å². The van der Waals surface area contributed by atoms with Crippen LogP contribution >= 0.6 is 15.9 Å². The third-order valence-corrected chi connectivity index (χ3v) is 4.20. The van der Waals surface area contributed by atoms with Crippen LogP contribution in [0, 0.1) is 0 Å². The Labute approximate surface area is 130 Å². The zero-order valence-corrected chi connectivity index (χ0v) is 12.9. The molecule has 1 saturated heterocycles. The van der Waals surface area contributed by atoms with Gasteiger partial charge in [-0.15, -0.1) is 0 Å². The van der Waals surface area contributed by atoms with E-state index >= 15 is 0 Å². The first kappa shape index (κ1) is 16.5. The normalized spacial score (nSPS) is 36.4. The zero-order chi connectivity index (χ0) is 15.6. The van der Waals surface area contributed by atoms with Gasteiger partial charge in [0.25, 0.3) is 0 Å². The third kappa shape index (κ3) is 2.77. The largest absolute Gasteiger partial charge is 0.387 e. The standard InChI is InChI=1S/C14H17BrO6/c1-20-13-10(16)12(18)14(19,9(7-15)21-13)11(17)8-5-3-2-4-6-8/h2-6,9-10,12-13,16,18-19H,7H2,1H3/t9-,10-,12-,13+,14-/m1/s1. The van der Waals surface area contributed by atoms with Crippen LogP contribution in [0.25, 0.3) is 0 Å². The lowest BCUT2D eigenvalue weighted by molar-refractivity contribution is -0.302. The highest BCUT2D eigenvalue weighted by Gasteiger charge is 2.59. The van der Waals surface area contributed by atoms with Gasteiger partial charge in [0.2, 0.25) is 0 Å². The molecular formula is C14H17BrO6. The number of aliphatic hydroxyl groups excluding tert-OH is 2. The minimum Gasteiger partial charge on any atom is -0.387 e. The molecule has 1 aliphatic heterocycles. The monoisotopic (exact) mass is 360 g/mol. The summed E-state index contributed by atoms with van der Waals surface area (Å²) in [5.41, 5.74) is -2.05. The van der Waals surface area contributed by atoms with Gasteiger partial charge in [-0.25, -0.2) is 0 Å². The molecular weight excluding hydrogens is 344 g/mol. The van der Waals surface area contributed by atoms with Crippen LogP contribution < -0.4 is 0 Å². The Balaban J connectivity index is 2.39. The van der Waals surface area contributed by atoms with E-state index in [1.165, 1.54) is 19.2 Å². The Bertz CT molecular complexity index is 491. The topological polar surface area (TPSA) is 96.2 Å². The maximum Gasteiger partial charge on any atom is 0.199 e. The number of ether oxygens (including phenoxy) is 2. The summed E-state index contributed by atoms with van der Waals surface area (Å²) in [4.78, 5) is 12.6. The average Bonchev–Trinajstić information content (AvgIpc) is 2.53. The summed E-state index contributed by atoms with van der Waals surface area (Å²) < 4.78 is 10.3. The van der Waals surface area contributed by atoms with Crippen LogP contribution in [0.3, 0.4) is 0 Å². The molecule has 1 aromatic carbocycles. The lowest BCUT2D eigenvalue weighted by Gasteiger charge is -2.46. The number of carbonyl (C=O) groups excluding carboxylic acids is 1. The predicted molar refractivity (Wildman–Crippen MR) is 77.2 cm³/mol. The van der Waals surface area contributed by atoms with Crippen molar-refractivity contribution in [3.8, 4) is 0 Å². The van der Waals surface area contributed by atoms with Crippen molar-refractivity contribution in [3.05, 3.63) is 35.9 Å². The smallest absolute Gasteiger partial charge is 0.199 e. The molecule has 0 aromatic heterocycles. The molecule has 0 unspecified atom stereocenters. The quantitative estimate of drug-likeness (QED) is 0.520. The van der Waals surface area contributed by atoms with Crippen molar-refractivity contribution < 1.29 is 29.6 Å². The summed E-state index contributed by atoms with van der Waals surface area (Å²) in [6.45, 7) is 0. The first-order valence-corrected chi connectivity index (χ1v) is 7.51. The van der Waals surface area contributed by atoms with Gasteiger partial charge >= 0.3 is 0 Å². The first-order chi connectivity index (χ1) is 9.96. The molecule has 0 bridgehead atoms. The van der Waals surface area contributed by atoms with Gasteiger partial charge in [0.05, 0.1) is 0 Å². The number of ketones is 1. The van der Waals surface area contributed by atoms with Crippen molar-refractivity contribution in [2.24, 2.45) is 0 Å². The molecule has 21 heavy (non-hydrogen) atoms. The van der Waals surface area contributed by atoms with Crippen molar-refractivity contribution in [1.29, 1.82) is 0 Å². The Morgan fingerprint density at radius 3 is 2.52 bits per heavy atom. The maximum absolute atomic E-state index is 12.6. The summed E-state index contributed by atoms with van der Waals surface area (Å²) in [6, 6.07) is 8.06. The molecule has 0 spiro atoms. The molecule has 1 fully saturated rings. The predicted octanol–water partition coefficient (Wildman–Crippen LogP) is 0.0884. The number of Topliss-reactive ketones (excluding diaryl/α,β-unsaturated/α-hetero) is 1. The second kappa shape index (κ2) is 6.51. The fraction of sp³-hybridized carbons (Fsp3) is 0.500. The van der Waals surface area contributed by atoms with Gasteiger partial charge in [0, 0.05) is 18.0 Å². The molecule has 0 amide bonds. The average molecular weight is 361 g/mol. The molecule has 1 heterocycles. The maximum atomic E-state index is 12.6. The summed E-state index contributed by atoms with van der Waals surface area (Å²) >= 11 is 3.15. The van der Waals surface area contributed by atoms with E-state index in [-0.39, 0.29) is 10.9 Å². The van der Waals surface area contributed by atoms with Crippen molar-refractivity contribution in [3.63, 3.8) is 0 Å². The molecule has 0 saturated carbocycles. The second-order valence-electron chi connectivity index (χ2n) is 4.84. The molecule has 1 aliphatic rings. The van der Waals surface area contributed by atoms with E-state index < -0.39 is 36.0 Å². The molecule has 0 radical (unpaired) electrons. The van der Waals surface area contributed by atoms with E-state index in [1.54, 1.807) is 18.2 Å². The number of rotatable bonds is 4. The molecule has 7 heteroatoms. The third-order valence-electron chi connectivity index (χ3n) is 3.61. The highest BCUT2D eigenvalue weighted by atomic mass is 79.9. The summed E-state index contributed by atoms with van der Waals surface area (Å²) in [5.74, 6) is -0.714. The molecule has 1 aromatic rings. The van der Waals surface area contributed by atoms with Gasteiger partial charge in [-0.2, -0.15) is 0 Å². The highest BCUT2D eigenvalue weighted by Crippen LogP contribution is 2.34. The van der Waals surface area contributed by atoms with Crippen LogP contribution in [0.5, 0.6) is 0 Å². The number of hydrogen-bond donors (Lipinski definition) is 3. The van der Waals surface area contributed by atoms with E-state index in [0.717, 1.165) is 0 Å². The summed E-state index contributed by atoms with van der Waals surface area (Å²) in [6.07, 6.45) is -5.45. The fourth-order valence-corrected chi connectivity index (χ4v) is 3.04. The van der Waals surface area contributed by atoms with Crippen molar-refractivity contribution >= 4 is 21.7 Å². The van der Waals surface area contributed by atoms with E-state index in [2.05, 4.69) is 15.9 Å². The van der Waals surface area contributed by atoms with Gasteiger partial charge in [-0.3, -0.25) is 4.79 Å². The van der Waals surface area contributed by atoms with E-state index in [1.807, 2.05) is 0 Å². The van der Waals surface area contributed by atoms with Crippen LogP contribution in [0.1, 0.15) is 10.4 Å². The number of hydrogen-bond acceptors (Lipinski definition) is 6. The van der Waals surface area contributed by atoms with E-state index in [4.69, 9.17) is 9.47 Å². The molecule has 2 rings (SSSR count). The minimum absolute atomic E-state index is 0.0890. The number of benzene rings is 1. The zero-order valence-electron chi connectivity index (χ0n) is 11.3. The van der Waals surface area contributed by atoms with Crippen LogP contribution in [-0.2, 0) is 9.47 Å².